The highest BCUT2D eigenvalue weighted by Crippen LogP contribution is 2.40. The second kappa shape index (κ2) is 5.82. The third-order valence-electron chi connectivity index (χ3n) is 3.96. The molecule has 1 saturated heterocycles. The van der Waals surface area contributed by atoms with Crippen LogP contribution >= 0.6 is 23.4 Å². The summed E-state index contributed by atoms with van der Waals surface area (Å²) in [6.07, 6.45) is -0.0799. The third-order valence-corrected chi connectivity index (χ3v) is 5.49. The minimum absolute atomic E-state index is 0.0314. The van der Waals surface area contributed by atoms with E-state index in [1.807, 2.05) is 30.9 Å². The number of amides is 1. The zero-order chi connectivity index (χ0) is 15.0. The largest absolute Gasteiger partial charge is 0.367 e. The number of rotatable bonds is 2. The van der Waals surface area contributed by atoms with Gasteiger partial charge in [0.25, 0.3) is 0 Å². The van der Waals surface area contributed by atoms with Gasteiger partial charge in [-0.2, -0.15) is 0 Å². The summed E-state index contributed by atoms with van der Waals surface area (Å²) in [5, 5.41) is 0. The van der Waals surface area contributed by atoms with Crippen LogP contribution in [0.15, 0.2) is 29.2 Å². The highest BCUT2D eigenvalue weighted by molar-refractivity contribution is 7.99. The summed E-state index contributed by atoms with van der Waals surface area (Å²) in [6.45, 7) is 5.25. The Labute approximate surface area is 135 Å². The molecule has 0 spiro atoms. The number of ether oxygens (including phenoxy) is 1. The molecule has 1 fully saturated rings. The van der Waals surface area contributed by atoms with Crippen LogP contribution in [0.2, 0.25) is 0 Å². The van der Waals surface area contributed by atoms with Crippen LogP contribution in [-0.4, -0.2) is 47.2 Å². The summed E-state index contributed by atoms with van der Waals surface area (Å²) in [7, 11) is 0. The molecule has 114 valence electrons. The molecule has 2 unspecified atom stereocenters. The van der Waals surface area contributed by atoms with E-state index in [2.05, 4.69) is 12.1 Å². The summed E-state index contributed by atoms with van der Waals surface area (Å²) < 4.78 is 5.90. The zero-order valence-corrected chi connectivity index (χ0v) is 13.9. The number of fused-ring (bicyclic) bond motifs is 1. The fourth-order valence-electron chi connectivity index (χ4n) is 3.13. The average Bonchev–Trinajstić information content (AvgIpc) is 2.88. The summed E-state index contributed by atoms with van der Waals surface area (Å²) in [4.78, 5) is 16.1. The predicted octanol–water partition coefficient (Wildman–Crippen LogP) is 3.12. The van der Waals surface area contributed by atoms with Crippen molar-refractivity contribution in [3.8, 4) is 0 Å². The van der Waals surface area contributed by atoms with Gasteiger partial charge in [0.15, 0.2) is 0 Å². The molecule has 0 radical (unpaired) electrons. The van der Waals surface area contributed by atoms with Crippen LogP contribution < -0.4 is 0 Å². The van der Waals surface area contributed by atoms with Crippen LogP contribution in [-0.2, 0) is 9.53 Å². The van der Waals surface area contributed by atoms with Crippen molar-refractivity contribution in [1.29, 1.82) is 0 Å². The van der Waals surface area contributed by atoms with Crippen LogP contribution in [0.1, 0.15) is 25.3 Å². The molecular formula is C16H20ClNO2S. The molecule has 2 aliphatic rings. The second-order valence-electron chi connectivity index (χ2n) is 6.27. The number of thioether (sulfide) groups is 1. The number of nitrogens with zero attached hydrogens (tertiary/aromatic N) is 1. The number of carbonyl (C=O) groups is 1. The van der Waals surface area contributed by atoms with Crippen molar-refractivity contribution >= 4 is 29.3 Å². The molecule has 1 amide bonds. The first-order valence-electron chi connectivity index (χ1n) is 7.24. The third kappa shape index (κ3) is 3.08. The van der Waals surface area contributed by atoms with E-state index in [1.54, 1.807) is 11.8 Å². The molecule has 0 aliphatic carbocycles. The van der Waals surface area contributed by atoms with Crippen LogP contribution in [0.5, 0.6) is 0 Å². The molecule has 2 atom stereocenters. The molecule has 1 aromatic rings. The summed E-state index contributed by atoms with van der Waals surface area (Å²) in [6, 6.07) is 8.20. The average molecular weight is 326 g/mol. The van der Waals surface area contributed by atoms with E-state index in [1.165, 1.54) is 10.5 Å². The Morgan fingerprint density at radius 2 is 2.24 bits per heavy atom. The number of halogens is 1. The van der Waals surface area contributed by atoms with Gasteiger partial charge in [-0.1, -0.05) is 18.2 Å². The van der Waals surface area contributed by atoms with Crippen molar-refractivity contribution in [2.24, 2.45) is 0 Å². The van der Waals surface area contributed by atoms with Crippen LogP contribution in [0, 0.1) is 0 Å². The molecule has 3 nitrogen and oxygen atoms in total. The van der Waals surface area contributed by atoms with Crippen molar-refractivity contribution in [1.82, 2.24) is 4.90 Å². The van der Waals surface area contributed by atoms with Crippen LogP contribution in [0.4, 0.5) is 0 Å². The standard InChI is InChI=1S/C16H20ClNO2S/c1-16(2)10-18(8-11(7-17)20-16)15(19)13-9-21-14-6-4-3-5-12(13)14/h3-6,11,13H,7-10H2,1-2H3. The van der Waals surface area contributed by atoms with Gasteiger partial charge >= 0.3 is 0 Å². The van der Waals surface area contributed by atoms with Crippen LogP contribution in [0.25, 0.3) is 0 Å². The SMILES string of the molecule is CC1(C)CN(C(=O)C2CSc3ccccc32)CC(CCl)O1. The molecule has 1 aromatic carbocycles. The lowest BCUT2D eigenvalue weighted by Crippen LogP contribution is -2.56. The van der Waals surface area contributed by atoms with Gasteiger partial charge in [0, 0.05) is 23.7 Å². The van der Waals surface area contributed by atoms with Gasteiger partial charge < -0.3 is 9.64 Å². The first kappa shape index (κ1) is 15.2. The van der Waals surface area contributed by atoms with E-state index in [4.69, 9.17) is 16.3 Å². The molecule has 0 aromatic heterocycles. The fraction of sp³-hybridized carbons (Fsp3) is 0.562. The Hall–Kier alpha value is -0.710. The van der Waals surface area contributed by atoms with Crippen LogP contribution in [0.3, 0.4) is 0 Å². The number of carbonyl (C=O) groups excluding carboxylic acids is 1. The number of morpholine rings is 1. The van der Waals surface area contributed by atoms with Gasteiger partial charge in [-0.15, -0.1) is 23.4 Å². The van der Waals surface area contributed by atoms with E-state index < -0.39 is 0 Å². The maximum atomic E-state index is 12.9. The normalized spacial score (nSPS) is 27.5. The maximum Gasteiger partial charge on any atom is 0.231 e. The molecule has 3 rings (SSSR count). The molecule has 5 heteroatoms. The van der Waals surface area contributed by atoms with E-state index in [-0.39, 0.29) is 23.5 Å². The van der Waals surface area contributed by atoms with Gasteiger partial charge in [0.1, 0.15) is 0 Å². The van der Waals surface area contributed by atoms with Gasteiger partial charge in [-0.25, -0.2) is 0 Å². The van der Waals surface area contributed by atoms with Crippen molar-refractivity contribution in [3.05, 3.63) is 29.8 Å². The monoisotopic (exact) mass is 325 g/mol. The van der Waals surface area contributed by atoms with Crippen molar-refractivity contribution in [2.45, 2.75) is 36.4 Å². The van der Waals surface area contributed by atoms with Crippen molar-refractivity contribution in [2.75, 3.05) is 24.7 Å². The fourth-order valence-corrected chi connectivity index (χ4v) is 4.51. The topological polar surface area (TPSA) is 29.5 Å². The van der Waals surface area contributed by atoms with Crippen molar-refractivity contribution in [3.63, 3.8) is 0 Å². The Kier molecular flexibility index (Phi) is 4.21. The zero-order valence-electron chi connectivity index (χ0n) is 12.3. The van der Waals surface area contributed by atoms with E-state index in [9.17, 15) is 4.79 Å². The number of hydrogen-bond donors (Lipinski definition) is 0. The second-order valence-corrected chi connectivity index (χ2v) is 7.64. The lowest BCUT2D eigenvalue weighted by atomic mass is 9.97. The molecule has 2 heterocycles. The highest BCUT2D eigenvalue weighted by atomic mass is 35.5. The quantitative estimate of drug-likeness (QED) is 0.782. The van der Waals surface area contributed by atoms with Crippen molar-refractivity contribution < 1.29 is 9.53 Å². The molecule has 0 saturated carbocycles. The Bertz CT molecular complexity index is 549. The molecular weight excluding hydrogens is 306 g/mol. The summed E-state index contributed by atoms with van der Waals surface area (Å²) in [5.74, 6) is 1.43. The highest BCUT2D eigenvalue weighted by Gasteiger charge is 2.39. The molecule has 0 bridgehead atoms. The number of benzene rings is 1. The minimum Gasteiger partial charge on any atom is -0.367 e. The molecule has 2 aliphatic heterocycles. The molecule has 0 N–H and O–H groups in total. The van der Waals surface area contributed by atoms with E-state index >= 15 is 0 Å². The van der Waals surface area contributed by atoms with Gasteiger partial charge in [-0.05, 0) is 25.5 Å². The lowest BCUT2D eigenvalue weighted by Gasteiger charge is -2.43. The number of hydrogen-bond acceptors (Lipinski definition) is 3. The van der Waals surface area contributed by atoms with Gasteiger partial charge in [-0.3, -0.25) is 4.79 Å². The van der Waals surface area contributed by atoms with E-state index in [0.717, 1.165) is 5.75 Å². The molecule has 21 heavy (non-hydrogen) atoms. The summed E-state index contributed by atoms with van der Waals surface area (Å²) >= 11 is 7.72. The first-order chi connectivity index (χ1) is 10.00. The minimum atomic E-state index is -0.335. The maximum absolute atomic E-state index is 12.9. The predicted molar refractivity (Wildman–Crippen MR) is 86.2 cm³/mol. The Morgan fingerprint density at radius 1 is 1.48 bits per heavy atom. The lowest BCUT2D eigenvalue weighted by molar-refractivity contribution is -0.158. The Balaban J connectivity index is 1.79. The van der Waals surface area contributed by atoms with Gasteiger partial charge in [0.05, 0.1) is 23.5 Å². The number of alkyl halides is 1. The van der Waals surface area contributed by atoms with Gasteiger partial charge in [0.2, 0.25) is 5.91 Å². The smallest absolute Gasteiger partial charge is 0.231 e. The Morgan fingerprint density at radius 3 is 3.00 bits per heavy atom. The van der Waals surface area contributed by atoms with E-state index in [0.29, 0.717) is 19.0 Å². The first-order valence-corrected chi connectivity index (χ1v) is 8.76. The summed E-state index contributed by atoms with van der Waals surface area (Å²) in [5.41, 5.74) is 0.831.